The Bertz CT molecular complexity index is 689. The van der Waals surface area contributed by atoms with Gasteiger partial charge in [-0.1, -0.05) is 6.42 Å². The molecular weight excluding hydrogens is 403 g/mol. The fourth-order valence-corrected chi connectivity index (χ4v) is 4.51. The minimum atomic E-state index is 0.555. The lowest BCUT2D eigenvalue weighted by Gasteiger charge is -2.41. The lowest BCUT2D eigenvalue weighted by molar-refractivity contribution is 0.0708. The molecule has 0 spiro atoms. The number of ether oxygens (including phenoxy) is 1. The molecule has 2 aliphatic rings. The third-order valence-corrected chi connectivity index (χ3v) is 6.19. The number of benzene rings is 1. The van der Waals surface area contributed by atoms with Crippen LogP contribution in [0.5, 0.6) is 5.75 Å². The van der Waals surface area contributed by atoms with Crippen LogP contribution in [-0.2, 0) is 0 Å². The predicted octanol–water partition coefficient (Wildman–Crippen LogP) is 3.39. The van der Waals surface area contributed by atoms with Crippen LogP contribution in [0, 0.1) is 9.49 Å². The van der Waals surface area contributed by atoms with Gasteiger partial charge in [-0.3, -0.25) is 5.10 Å². The molecule has 1 aliphatic heterocycles. The van der Waals surface area contributed by atoms with Crippen LogP contribution in [0.2, 0.25) is 0 Å². The van der Waals surface area contributed by atoms with E-state index in [1.807, 2.05) is 6.07 Å². The topological polar surface area (TPSA) is 67.2 Å². The first-order chi connectivity index (χ1) is 11.2. The summed E-state index contributed by atoms with van der Waals surface area (Å²) in [5, 5.41) is 8.04. The molecule has 1 aromatic heterocycles. The Balaban J connectivity index is 1.34. The first-order valence-corrected chi connectivity index (χ1v) is 9.58. The molecule has 2 aromatic rings. The Hall–Kier alpha value is -1.02. The van der Waals surface area contributed by atoms with E-state index in [2.05, 4.69) is 43.8 Å². The first-order valence-electron chi connectivity index (χ1n) is 8.50. The van der Waals surface area contributed by atoms with Gasteiger partial charge in [0.1, 0.15) is 5.75 Å². The maximum Gasteiger partial charge on any atom is 0.154 e. The van der Waals surface area contributed by atoms with Gasteiger partial charge in [0, 0.05) is 15.7 Å². The number of fused-ring (bicyclic) bond motifs is 1. The average molecular weight is 426 g/mol. The van der Waals surface area contributed by atoms with E-state index in [-0.39, 0.29) is 0 Å². The number of anilines is 1. The lowest BCUT2D eigenvalue weighted by Crippen LogP contribution is -2.45. The molecule has 23 heavy (non-hydrogen) atoms. The van der Waals surface area contributed by atoms with Crippen LogP contribution in [0.15, 0.2) is 12.1 Å². The third kappa shape index (κ3) is 3.15. The highest BCUT2D eigenvalue weighted by molar-refractivity contribution is 14.1. The van der Waals surface area contributed by atoms with Crippen LogP contribution in [0.25, 0.3) is 10.9 Å². The largest absolute Gasteiger partial charge is 0.493 e. The molecule has 1 aromatic carbocycles. The zero-order chi connectivity index (χ0) is 15.8. The number of aromatic nitrogens is 2. The Labute approximate surface area is 150 Å². The van der Waals surface area contributed by atoms with E-state index in [4.69, 9.17) is 10.5 Å². The molecule has 2 heterocycles. The summed E-state index contributed by atoms with van der Waals surface area (Å²) in [6.45, 7) is 3.29. The molecule has 0 unspecified atom stereocenters. The second-order valence-corrected chi connectivity index (χ2v) is 7.97. The number of nitrogen functional groups attached to an aromatic ring is 1. The molecule has 124 valence electrons. The van der Waals surface area contributed by atoms with Crippen molar-refractivity contribution in [2.75, 3.05) is 25.4 Å². The normalized spacial score (nSPS) is 20.7. The van der Waals surface area contributed by atoms with E-state index < -0.39 is 0 Å². The van der Waals surface area contributed by atoms with Crippen molar-refractivity contribution in [1.29, 1.82) is 0 Å². The third-order valence-electron chi connectivity index (χ3n) is 5.34. The summed E-state index contributed by atoms with van der Waals surface area (Å²) in [5.74, 6) is 2.14. The summed E-state index contributed by atoms with van der Waals surface area (Å²) >= 11 is 2.29. The number of nitrogens with zero attached hydrogens (tertiary/aromatic N) is 2. The van der Waals surface area contributed by atoms with Gasteiger partial charge in [0.15, 0.2) is 5.82 Å². The number of likely N-dealkylation sites (tertiary alicyclic amines) is 1. The van der Waals surface area contributed by atoms with Gasteiger partial charge in [0.25, 0.3) is 0 Å². The second kappa shape index (κ2) is 6.47. The van der Waals surface area contributed by atoms with Crippen molar-refractivity contribution in [3.63, 3.8) is 0 Å². The minimum absolute atomic E-state index is 0.555. The smallest absolute Gasteiger partial charge is 0.154 e. The lowest BCUT2D eigenvalue weighted by atomic mass is 9.88. The molecule has 2 fully saturated rings. The molecule has 1 saturated carbocycles. The average Bonchev–Trinajstić information content (AvgIpc) is 2.87. The maximum atomic E-state index is 6.07. The standard InChI is InChI=1S/C17H23IN4O/c18-14-8-13(9-15-16(14)17(19)21-20-15)23-10-11-4-6-22(7-5-11)12-2-1-3-12/h8-9,11-12H,1-7,10H2,(H3,19,20,21). The Morgan fingerprint density at radius 1 is 1.26 bits per heavy atom. The Kier molecular flexibility index (Phi) is 4.36. The number of nitrogens with two attached hydrogens (primary N) is 1. The van der Waals surface area contributed by atoms with Crippen LogP contribution in [0.3, 0.4) is 0 Å². The predicted molar refractivity (Wildman–Crippen MR) is 101 cm³/mol. The molecule has 0 amide bonds. The number of H-pyrrole nitrogens is 1. The van der Waals surface area contributed by atoms with Crippen LogP contribution in [0.4, 0.5) is 5.82 Å². The SMILES string of the molecule is Nc1n[nH]c2cc(OCC3CCN(C4CCC4)CC3)cc(I)c12. The monoisotopic (exact) mass is 426 g/mol. The molecular formula is C17H23IN4O. The zero-order valence-corrected chi connectivity index (χ0v) is 15.4. The molecule has 6 heteroatoms. The quantitative estimate of drug-likeness (QED) is 0.736. The number of rotatable bonds is 4. The molecule has 1 aliphatic carbocycles. The second-order valence-electron chi connectivity index (χ2n) is 6.81. The summed E-state index contributed by atoms with van der Waals surface area (Å²) in [5.41, 5.74) is 6.83. The molecule has 0 atom stereocenters. The van der Waals surface area contributed by atoms with Crippen molar-refractivity contribution in [1.82, 2.24) is 15.1 Å². The molecule has 0 radical (unpaired) electrons. The fraction of sp³-hybridized carbons (Fsp3) is 0.588. The van der Waals surface area contributed by atoms with Gasteiger partial charge in [0.2, 0.25) is 0 Å². The highest BCUT2D eigenvalue weighted by Crippen LogP contribution is 2.31. The van der Waals surface area contributed by atoms with E-state index in [1.54, 1.807) is 0 Å². The van der Waals surface area contributed by atoms with Crippen LogP contribution >= 0.6 is 22.6 Å². The van der Waals surface area contributed by atoms with Gasteiger partial charge in [-0.25, -0.2) is 0 Å². The highest BCUT2D eigenvalue weighted by atomic mass is 127. The number of hydrogen-bond donors (Lipinski definition) is 2. The number of piperidine rings is 1. The summed E-state index contributed by atoms with van der Waals surface area (Å²) in [6, 6.07) is 4.94. The zero-order valence-electron chi connectivity index (χ0n) is 13.2. The van der Waals surface area contributed by atoms with Crippen molar-refractivity contribution in [2.24, 2.45) is 5.92 Å². The van der Waals surface area contributed by atoms with Crippen molar-refractivity contribution in [2.45, 2.75) is 38.1 Å². The van der Waals surface area contributed by atoms with E-state index in [0.717, 1.165) is 32.9 Å². The van der Waals surface area contributed by atoms with E-state index in [1.165, 1.54) is 45.2 Å². The van der Waals surface area contributed by atoms with E-state index in [9.17, 15) is 0 Å². The highest BCUT2D eigenvalue weighted by Gasteiger charge is 2.28. The summed E-state index contributed by atoms with van der Waals surface area (Å²) < 4.78 is 7.15. The number of nitrogens with one attached hydrogen (secondary N) is 1. The number of halogens is 1. The van der Waals surface area contributed by atoms with E-state index in [0.29, 0.717) is 11.7 Å². The van der Waals surface area contributed by atoms with Crippen LogP contribution < -0.4 is 10.5 Å². The first kappa shape index (κ1) is 15.5. The number of hydrogen-bond acceptors (Lipinski definition) is 4. The van der Waals surface area contributed by atoms with Gasteiger partial charge in [-0.15, -0.1) is 0 Å². The van der Waals surface area contributed by atoms with Crippen LogP contribution in [0.1, 0.15) is 32.1 Å². The van der Waals surface area contributed by atoms with Crippen molar-refractivity contribution >= 4 is 39.3 Å². The van der Waals surface area contributed by atoms with Gasteiger partial charge in [0.05, 0.1) is 17.5 Å². The molecule has 1 saturated heterocycles. The van der Waals surface area contributed by atoms with Gasteiger partial charge in [-0.2, -0.15) is 5.10 Å². The van der Waals surface area contributed by atoms with Crippen LogP contribution in [-0.4, -0.2) is 40.8 Å². The minimum Gasteiger partial charge on any atom is -0.493 e. The van der Waals surface area contributed by atoms with E-state index >= 15 is 0 Å². The van der Waals surface area contributed by atoms with Crippen molar-refractivity contribution in [3.05, 3.63) is 15.7 Å². The summed E-state index contributed by atoms with van der Waals surface area (Å²) in [6.07, 6.45) is 6.76. The van der Waals surface area contributed by atoms with Gasteiger partial charge < -0.3 is 15.4 Å². The summed E-state index contributed by atoms with van der Waals surface area (Å²) in [4.78, 5) is 2.68. The summed E-state index contributed by atoms with van der Waals surface area (Å²) in [7, 11) is 0. The van der Waals surface area contributed by atoms with Gasteiger partial charge >= 0.3 is 0 Å². The molecule has 3 N–H and O–H groups in total. The molecule has 5 nitrogen and oxygen atoms in total. The van der Waals surface area contributed by atoms with Crippen molar-refractivity contribution < 1.29 is 4.74 Å². The molecule has 4 rings (SSSR count). The molecule has 0 bridgehead atoms. The van der Waals surface area contributed by atoms with Crippen molar-refractivity contribution in [3.8, 4) is 5.75 Å². The Morgan fingerprint density at radius 3 is 2.74 bits per heavy atom. The number of aromatic amines is 1. The fourth-order valence-electron chi connectivity index (χ4n) is 3.64. The van der Waals surface area contributed by atoms with Gasteiger partial charge in [-0.05, 0) is 73.3 Å². The maximum absolute atomic E-state index is 6.07. The Morgan fingerprint density at radius 2 is 2.04 bits per heavy atom.